The first kappa shape index (κ1) is 12.9. The van der Waals surface area contributed by atoms with Gasteiger partial charge in [0.15, 0.2) is 5.76 Å². The summed E-state index contributed by atoms with van der Waals surface area (Å²) in [5, 5.41) is 13.0. The van der Waals surface area contributed by atoms with E-state index in [-0.39, 0.29) is 23.7 Å². The van der Waals surface area contributed by atoms with Gasteiger partial charge < -0.3 is 14.5 Å². The van der Waals surface area contributed by atoms with Crippen molar-refractivity contribution in [1.82, 2.24) is 10.1 Å². The average Bonchev–Trinajstić information content (AvgIpc) is 3.35. The Morgan fingerprint density at radius 1 is 1.43 bits per heavy atom. The summed E-state index contributed by atoms with van der Waals surface area (Å²) in [5.41, 5.74) is 0.262. The number of rotatable bonds is 3. The molecule has 3 atom stereocenters. The molecule has 1 aromatic rings. The summed E-state index contributed by atoms with van der Waals surface area (Å²) in [6, 6.07) is 1.84. The molecule has 21 heavy (non-hydrogen) atoms. The van der Waals surface area contributed by atoms with Gasteiger partial charge in [0, 0.05) is 19.2 Å². The van der Waals surface area contributed by atoms with Gasteiger partial charge in [-0.1, -0.05) is 5.16 Å². The van der Waals surface area contributed by atoms with E-state index < -0.39 is 11.4 Å². The van der Waals surface area contributed by atoms with Crippen molar-refractivity contribution in [3.05, 3.63) is 17.5 Å². The van der Waals surface area contributed by atoms with E-state index in [4.69, 9.17) is 9.63 Å². The number of hydrogen-bond donors (Lipinski definition) is 1. The zero-order chi connectivity index (χ0) is 14.8. The molecule has 0 unspecified atom stereocenters. The molecule has 6 nitrogen and oxygen atoms in total. The highest BCUT2D eigenvalue weighted by molar-refractivity contribution is 5.91. The quantitative estimate of drug-likeness (QED) is 0.904. The summed E-state index contributed by atoms with van der Waals surface area (Å²) in [7, 11) is 0. The fraction of sp³-hybridized carbons (Fsp3) is 0.667. The predicted octanol–water partition coefficient (Wildman–Crippen LogP) is 1.19. The molecule has 1 saturated heterocycles. The first-order chi connectivity index (χ1) is 10.0. The molecule has 0 radical (unpaired) electrons. The third-order valence-electron chi connectivity index (χ3n) is 5.33. The van der Waals surface area contributed by atoms with E-state index in [9.17, 15) is 9.59 Å². The highest BCUT2D eigenvalue weighted by Crippen LogP contribution is 2.54. The minimum absolute atomic E-state index is 0.0909. The van der Waals surface area contributed by atoms with Crippen molar-refractivity contribution in [2.24, 2.45) is 17.8 Å². The normalized spacial score (nSPS) is 32.4. The molecular weight excluding hydrogens is 272 g/mol. The van der Waals surface area contributed by atoms with Gasteiger partial charge in [0.25, 0.3) is 0 Å². The van der Waals surface area contributed by atoms with Gasteiger partial charge in [-0.15, -0.1) is 0 Å². The van der Waals surface area contributed by atoms with Gasteiger partial charge in [-0.05, 0) is 38.0 Å². The van der Waals surface area contributed by atoms with Crippen molar-refractivity contribution in [3.8, 4) is 0 Å². The lowest BCUT2D eigenvalue weighted by atomic mass is 9.99. The van der Waals surface area contributed by atoms with Crippen LogP contribution in [-0.4, -0.2) is 40.1 Å². The lowest BCUT2D eigenvalue weighted by Crippen LogP contribution is -2.43. The van der Waals surface area contributed by atoms with Gasteiger partial charge in [0.2, 0.25) is 5.91 Å². The number of fused-ring (bicyclic) bond motifs is 1. The third-order valence-corrected chi connectivity index (χ3v) is 5.33. The average molecular weight is 290 g/mol. The van der Waals surface area contributed by atoms with Gasteiger partial charge in [-0.2, -0.15) is 0 Å². The predicted molar refractivity (Wildman–Crippen MR) is 71.5 cm³/mol. The number of nitrogens with zero attached hydrogens (tertiary/aromatic N) is 2. The molecule has 2 saturated carbocycles. The second kappa shape index (κ2) is 4.08. The van der Waals surface area contributed by atoms with Crippen LogP contribution in [-0.2, 0) is 15.0 Å². The van der Waals surface area contributed by atoms with Gasteiger partial charge in [0.05, 0.1) is 11.6 Å². The summed E-state index contributed by atoms with van der Waals surface area (Å²) >= 11 is 0. The maximum atomic E-state index is 12.8. The Kier molecular flexibility index (Phi) is 2.50. The number of hydrogen-bond acceptors (Lipinski definition) is 4. The smallest absolute Gasteiger partial charge is 0.307 e. The van der Waals surface area contributed by atoms with E-state index in [0.29, 0.717) is 18.8 Å². The number of amides is 1. The number of carbonyl (C=O) groups excluding carboxylic acids is 1. The second-order valence-corrected chi connectivity index (χ2v) is 6.65. The molecule has 1 N–H and O–H groups in total. The lowest BCUT2D eigenvalue weighted by Gasteiger charge is -2.29. The number of carbonyl (C=O) groups is 2. The first-order valence-corrected chi connectivity index (χ1v) is 7.49. The van der Waals surface area contributed by atoms with Crippen LogP contribution in [0.1, 0.15) is 30.7 Å². The number of carboxylic acid groups (broad SMARTS) is 1. The van der Waals surface area contributed by atoms with E-state index in [1.165, 1.54) is 0 Å². The molecule has 3 aliphatic rings. The largest absolute Gasteiger partial charge is 0.481 e. The summed E-state index contributed by atoms with van der Waals surface area (Å²) in [4.78, 5) is 25.8. The lowest BCUT2D eigenvalue weighted by molar-refractivity contribution is -0.139. The van der Waals surface area contributed by atoms with Crippen LogP contribution in [0.3, 0.4) is 0 Å². The summed E-state index contributed by atoms with van der Waals surface area (Å²) in [5.74, 6) is 0.212. The van der Waals surface area contributed by atoms with E-state index in [0.717, 1.165) is 25.0 Å². The number of likely N-dealkylation sites (tertiary alicyclic amines) is 1. The van der Waals surface area contributed by atoms with Crippen molar-refractivity contribution in [2.75, 3.05) is 13.1 Å². The van der Waals surface area contributed by atoms with Gasteiger partial charge in [-0.25, -0.2) is 0 Å². The van der Waals surface area contributed by atoms with E-state index in [1.807, 2.05) is 17.9 Å². The van der Waals surface area contributed by atoms with Crippen LogP contribution >= 0.6 is 0 Å². The third kappa shape index (κ3) is 1.81. The van der Waals surface area contributed by atoms with Crippen molar-refractivity contribution in [2.45, 2.75) is 31.6 Å². The fourth-order valence-corrected chi connectivity index (χ4v) is 3.87. The Hall–Kier alpha value is -1.85. The Balaban J connectivity index is 1.50. The molecule has 3 fully saturated rings. The number of carboxylic acids is 1. The van der Waals surface area contributed by atoms with Crippen LogP contribution in [0.4, 0.5) is 0 Å². The van der Waals surface area contributed by atoms with Gasteiger partial charge in [-0.3, -0.25) is 9.59 Å². The summed E-state index contributed by atoms with van der Waals surface area (Å²) in [6.07, 6.45) is 2.40. The molecule has 1 aliphatic heterocycles. The van der Waals surface area contributed by atoms with Crippen molar-refractivity contribution >= 4 is 11.9 Å². The minimum Gasteiger partial charge on any atom is -0.481 e. The summed E-state index contributed by atoms with van der Waals surface area (Å²) < 4.78 is 5.31. The maximum absolute atomic E-state index is 12.8. The molecule has 2 aliphatic carbocycles. The monoisotopic (exact) mass is 290 g/mol. The zero-order valence-electron chi connectivity index (χ0n) is 11.9. The molecule has 1 aromatic heterocycles. The van der Waals surface area contributed by atoms with Crippen LogP contribution in [0.25, 0.3) is 0 Å². The Morgan fingerprint density at radius 2 is 2.19 bits per heavy atom. The number of aromatic nitrogens is 1. The Labute approximate surface area is 122 Å². The SMILES string of the molecule is Cc1cc(C2(C(=O)N3CC[C@H]4[C@@H](C3)[C@H]4C(=O)O)CC2)on1. The molecule has 4 rings (SSSR count). The maximum Gasteiger partial charge on any atom is 0.307 e. The van der Waals surface area contributed by atoms with Gasteiger partial charge >= 0.3 is 5.97 Å². The van der Waals surface area contributed by atoms with Crippen LogP contribution in [0.5, 0.6) is 0 Å². The van der Waals surface area contributed by atoms with Crippen molar-refractivity contribution < 1.29 is 19.2 Å². The molecule has 0 bridgehead atoms. The fourth-order valence-electron chi connectivity index (χ4n) is 3.87. The van der Waals surface area contributed by atoms with Crippen LogP contribution in [0.2, 0.25) is 0 Å². The number of aryl methyl sites for hydroxylation is 1. The van der Waals surface area contributed by atoms with E-state index >= 15 is 0 Å². The van der Waals surface area contributed by atoms with Crippen LogP contribution in [0, 0.1) is 24.7 Å². The zero-order valence-corrected chi connectivity index (χ0v) is 11.9. The van der Waals surface area contributed by atoms with E-state index in [1.54, 1.807) is 0 Å². The van der Waals surface area contributed by atoms with Crippen LogP contribution < -0.4 is 0 Å². The summed E-state index contributed by atoms with van der Waals surface area (Å²) in [6.45, 7) is 3.09. The number of piperidine rings is 1. The molecule has 112 valence electrons. The Bertz CT molecular complexity index is 619. The standard InChI is InChI=1S/C15H18N2O4/c1-8-6-11(21-16-8)15(3-4-15)14(20)17-5-2-9-10(7-17)12(9)13(18)19/h6,9-10,12H,2-5,7H2,1H3,(H,18,19)/t9-,10+,12-/m0/s1. The van der Waals surface area contributed by atoms with Crippen molar-refractivity contribution in [1.29, 1.82) is 0 Å². The molecular formula is C15H18N2O4. The number of aliphatic carboxylic acids is 1. The molecule has 6 heteroatoms. The molecule has 0 aromatic carbocycles. The Morgan fingerprint density at radius 3 is 2.76 bits per heavy atom. The highest BCUT2D eigenvalue weighted by Gasteiger charge is 2.61. The topological polar surface area (TPSA) is 83.6 Å². The minimum atomic E-state index is -0.716. The van der Waals surface area contributed by atoms with Crippen LogP contribution in [0.15, 0.2) is 10.6 Å². The van der Waals surface area contributed by atoms with E-state index in [2.05, 4.69) is 5.16 Å². The molecule has 2 heterocycles. The molecule has 0 spiro atoms. The van der Waals surface area contributed by atoms with Gasteiger partial charge in [0.1, 0.15) is 5.41 Å². The second-order valence-electron chi connectivity index (χ2n) is 6.65. The first-order valence-electron chi connectivity index (χ1n) is 7.49. The van der Waals surface area contributed by atoms with Crippen molar-refractivity contribution in [3.63, 3.8) is 0 Å². The molecule has 1 amide bonds. The highest BCUT2D eigenvalue weighted by atomic mass is 16.5.